The second kappa shape index (κ2) is 7.33. The molecule has 0 aliphatic carbocycles. The largest absolute Gasteiger partial charge is 0.492 e. The van der Waals surface area contributed by atoms with E-state index in [1.54, 1.807) is 24.4 Å². The monoisotopic (exact) mass is 288 g/mol. The fourth-order valence-electron chi connectivity index (χ4n) is 1.63. The van der Waals surface area contributed by atoms with Gasteiger partial charge in [0.1, 0.15) is 12.4 Å². The molecule has 1 heterocycles. The number of aromatic nitrogens is 2. The van der Waals surface area contributed by atoms with Gasteiger partial charge in [-0.2, -0.15) is 4.98 Å². The number of rotatable bonds is 7. The van der Waals surface area contributed by atoms with Crippen molar-refractivity contribution in [1.82, 2.24) is 9.97 Å². The van der Waals surface area contributed by atoms with Gasteiger partial charge in [-0.25, -0.2) is 4.98 Å². The highest BCUT2D eigenvalue weighted by Crippen LogP contribution is 2.13. The lowest BCUT2D eigenvalue weighted by Gasteiger charge is -2.10. The van der Waals surface area contributed by atoms with Crippen LogP contribution in [0.1, 0.15) is 13.8 Å². The Kier molecular flexibility index (Phi) is 5.20. The minimum absolute atomic E-state index is 0.0848. The Morgan fingerprint density at radius 3 is 2.67 bits per heavy atom. The molecule has 112 valence electrons. The molecule has 0 spiro atoms. The maximum Gasteiger partial charge on any atom is 0.226 e. The molecule has 0 atom stereocenters. The SMILES string of the molecule is CC(C)Oc1ccnc(NCCOc2ccc(N)cc2)n1. The van der Waals surface area contributed by atoms with E-state index in [4.69, 9.17) is 15.2 Å². The van der Waals surface area contributed by atoms with E-state index in [1.165, 1.54) is 0 Å². The average molecular weight is 288 g/mol. The van der Waals surface area contributed by atoms with Gasteiger partial charge in [0.05, 0.1) is 12.6 Å². The molecule has 0 saturated carbocycles. The highest BCUT2D eigenvalue weighted by atomic mass is 16.5. The van der Waals surface area contributed by atoms with E-state index in [0.29, 0.717) is 25.0 Å². The van der Waals surface area contributed by atoms with Gasteiger partial charge >= 0.3 is 0 Å². The molecule has 2 aromatic rings. The minimum atomic E-state index is 0.0848. The molecular weight excluding hydrogens is 268 g/mol. The summed E-state index contributed by atoms with van der Waals surface area (Å²) in [6.07, 6.45) is 1.75. The van der Waals surface area contributed by atoms with Gasteiger partial charge in [0, 0.05) is 18.0 Å². The molecule has 0 fully saturated rings. The number of hydrogen-bond acceptors (Lipinski definition) is 6. The summed E-state index contributed by atoms with van der Waals surface area (Å²) in [5.74, 6) is 1.86. The predicted molar refractivity (Wildman–Crippen MR) is 82.6 cm³/mol. The molecule has 21 heavy (non-hydrogen) atoms. The first-order valence-corrected chi connectivity index (χ1v) is 6.85. The van der Waals surface area contributed by atoms with Crippen molar-refractivity contribution in [3.8, 4) is 11.6 Å². The van der Waals surface area contributed by atoms with Crippen molar-refractivity contribution in [3.63, 3.8) is 0 Å². The zero-order valence-electron chi connectivity index (χ0n) is 12.2. The third kappa shape index (κ3) is 5.18. The van der Waals surface area contributed by atoms with E-state index in [1.807, 2.05) is 26.0 Å². The van der Waals surface area contributed by atoms with Crippen molar-refractivity contribution < 1.29 is 9.47 Å². The summed E-state index contributed by atoms with van der Waals surface area (Å²) in [6.45, 7) is 5.00. The Balaban J connectivity index is 1.76. The number of ether oxygens (including phenoxy) is 2. The van der Waals surface area contributed by atoms with Gasteiger partial charge in [0.15, 0.2) is 0 Å². The van der Waals surface area contributed by atoms with Crippen LogP contribution in [0.5, 0.6) is 11.6 Å². The van der Waals surface area contributed by atoms with E-state index in [0.717, 1.165) is 11.4 Å². The third-order valence-corrected chi connectivity index (χ3v) is 2.52. The lowest BCUT2D eigenvalue weighted by molar-refractivity contribution is 0.232. The number of hydrogen-bond donors (Lipinski definition) is 2. The van der Waals surface area contributed by atoms with E-state index < -0.39 is 0 Å². The number of benzene rings is 1. The van der Waals surface area contributed by atoms with E-state index in [9.17, 15) is 0 Å². The summed E-state index contributed by atoms with van der Waals surface area (Å²) in [5.41, 5.74) is 6.33. The number of nitrogens with one attached hydrogen (secondary N) is 1. The lowest BCUT2D eigenvalue weighted by atomic mass is 10.3. The molecule has 0 aliphatic heterocycles. The molecular formula is C15H20N4O2. The third-order valence-electron chi connectivity index (χ3n) is 2.52. The van der Waals surface area contributed by atoms with Crippen LogP contribution in [0.4, 0.5) is 11.6 Å². The first kappa shape index (κ1) is 14.9. The zero-order valence-corrected chi connectivity index (χ0v) is 12.2. The van der Waals surface area contributed by atoms with Gasteiger partial charge in [-0.05, 0) is 38.1 Å². The van der Waals surface area contributed by atoms with Gasteiger partial charge in [-0.3, -0.25) is 0 Å². The average Bonchev–Trinajstić information content (AvgIpc) is 2.45. The molecule has 6 heteroatoms. The molecule has 0 saturated heterocycles. The van der Waals surface area contributed by atoms with Gasteiger partial charge in [0.2, 0.25) is 11.8 Å². The fraction of sp³-hybridized carbons (Fsp3) is 0.333. The molecule has 0 unspecified atom stereocenters. The topological polar surface area (TPSA) is 82.3 Å². The van der Waals surface area contributed by atoms with Crippen LogP contribution in [-0.4, -0.2) is 29.2 Å². The quantitative estimate of drug-likeness (QED) is 0.601. The number of nitrogens with two attached hydrogens (primary N) is 1. The molecule has 2 rings (SSSR count). The standard InChI is InChI=1S/C15H20N4O2/c1-11(2)21-14-7-8-17-15(19-14)18-9-10-20-13-5-3-12(16)4-6-13/h3-8,11H,9-10,16H2,1-2H3,(H,17,18,19). The molecule has 6 nitrogen and oxygen atoms in total. The minimum Gasteiger partial charge on any atom is -0.492 e. The van der Waals surface area contributed by atoms with Gasteiger partial charge in [0.25, 0.3) is 0 Å². The summed E-state index contributed by atoms with van der Waals surface area (Å²) in [4.78, 5) is 8.38. The van der Waals surface area contributed by atoms with Crippen LogP contribution in [0.2, 0.25) is 0 Å². The first-order chi connectivity index (χ1) is 10.1. The number of nitrogens with zero attached hydrogens (tertiary/aromatic N) is 2. The van der Waals surface area contributed by atoms with Crippen LogP contribution in [-0.2, 0) is 0 Å². The number of anilines is 2. The van der Waals surface area contributed by atoms with Gasteiger partial charge in [-0.1, -0.05) is 0 Å². The summed E-state index contributed by atoms with van der Waals surface area (Å²) < 4.78 is 11.1. The summed E-state index contributed by atoms with van der Waals surface area (Å²) in [6, 6.07) is 9.01. The Morgan fingerprint density at radius 1 is 1.19 bits per heavy atom. The van der Waals surface area contributed by atoms with Crippen molar-refractivity contribution in [2.75, 3.05) is 24.2 Å². The highest BCUT2D eigenvalue weighted by Gasteiger charge is 2.02. The summed E-state index contributed by atoms with van der Waals surface area (Å²) >= 11 is 0. The first-order valence-electron chi connectivity index (χ1n) is 6.85. The van der Waals surface area contributed by atoms with Crippen molar-refractivity contribution >= 4 is 11.6 Å². The van der Waals surface area contributed by atoms with Crippen LogP contribution in [0, 0.1) is 0 Å². The molecule has 3 N–H and O–H groups in total. The van der Waals surface area contributed by atoms with E-state index >= 15 is 0 Å². The van der Waals surface area contributed by atoms with Crippen LogP contribution >= 0.6 is 0 Å². The predicted octanol–water partition coefficient (Wildman–Crippen LogP) is 2.34. The number of nitrogen functional groups attached to an aromatic ring is 1. The smallest absolute Gasteiger partial charge is 0.226 e. The fourth-order valence-corrected chi connectivity index (χ4v) is 1.63. The molecule has 0 aliphatic rings. The van der Waals surface area contributed by atoms with E-state index in [2.05, 4.69) is 15.3 Å². The van der Waals surface area contributed by atoms with Crippen molar-refractivity contribution in [3.05, 3.63) is 36.5 Å². The Hall–Kier alpha value is -2.50. The van der Waals surface area contributed by atoms with Crippen LogP contribution in [0.15, 0.2) is 36.5 Å². The summed E-state index contributed by atoms with van der Waals surface area (Å²) in [5, 5.41) is 3.09. The molecule has 1 aromatic carbocycles. The van der Waals surface area contributed by atoms with E-state index in [-0.39, 0.29) is 6.10 Å². The molecule has 0 bridgehead atoms. The van der Waals surface area contributed by atoms with Crippen molar-refractivity contribution in [1.29, 1.82) is 0 Å². The van der Waals surface area contributed by atoms with Crippen LogP contribution < -0.4 is 20.5 Å². The lowest BCUT2D eigenvalue weighted by Crippen LogP contribution is -2.14. The van der Waals surface area contributed by atoms with Gasteiger partial charge in [-0.15, -0.1) is 0 Å². The van der Waals surface area contributed by atoms with Crippen LogP contribution in [0.3, 0.4) is 0 Å². The maximum atomic E-state index is 5.61. The summed E-state index contributed by atoms with van der Waals surface area (Å²) in [7, 11) is 0. The Bertz CT molecular complexity index is 558. The second-order valence-corrected chi connectivity index (χ2v) is 4.73. The molecule has 1 aromatic heterocycles. The van der Waals surface area contributed by atoms with Crippen LogP contribution in [0.25, 0.3) is 0 Å². The molecule has 0 amide bonds. The Morgan fingerprint density at radius 2 is 1.95 bits per heavy atom. The maximum absolute atomic E-state index is 5.61. The second-order valence-electron chi connectivity index (χ2n) is 4.73. The Labute approximate surface area is 124 Å². The van der Waals surface area contributed by atoms with Crippen molar-refractivity contribution in [2.24, 2.45) is 0 Å². The zero-order chi connectivity index (χ0) is 15.1. The highest BCUT2D eigenvalue weighted by molar-refractivity contribution is 5.41. The van der Waals surface area contributed by atoms with Gasteiger partial charge < -0.3 is 20.5 Å². The normalized spacial score (nSPS) is 10.4. The van der Waals surface area contributed by atoms with Crippen molar-refractivity contribution in [2.45, 2.75) is 20.0 Å². The molecule has 0 radical (unpaired) electrons.